The maximum atomic E-state index is 9.75. The second-order valence-corrected chi connectivity index (χ2v) is 3.20. The summed E-state index contributed by atoms with van der Waals surface area (Å²) < 4.78 is 39.9. The van der Waals surface area contributed by atoms with Crippen molar-refractivity contribution in [3.8, 4) is 0 Å². The molecule has 0 saturated carbocycles. The van der Waals surface area contributed by atoms with Gasteiger partial charge in [-0.1, -0.05) is 6.92 Å². The van der Waals surface area contributed by atoms with E-state index in [0.717, 1.165) is 11.0 Å². The Labute approximate surface area is 87.0 Å². The Kier molecular flexibility index (Phi) is 5.56. The van der Waals surface area contributed by atoms with E-state index >= 15 is 0 Å². The van der Waals surface area contributed by atoms with E-state index in [2.05, 4.69) is 25.0 Å². The van der Waals surface area contributed by atoms with Crippen molar-refractivity contribution in [2.45, 2.75) is 20.3 Å². The average molecular weight is 226 g/mol. The largest absolute Gasteiger partial charge is 0.673 e. The molecule has 0 radical (unpaired) electrons. The smallest absolute Gasteiger partial charge is 0.418 e. The molecule has 88 valence electrons. The molecule has 1 atom stereocenters. The van der Waals surface area contributed by atoms with Crippen LogP contribution in [-0.4, -0.2) is 31.2 Å². The number of hydrogen-bond acceptors (Lipinski definition) is 1. The maximum absolute atomic E-state index is 9.75. The molecule has 0 fully saturated rings. The second-order valence-electron chi connectivity index (χ2n) is 3.20. The van der Waals surface area contributed by atoms with Crippen LogP contribution in [0.5, 0.6) is 0 Å². The third kappa shape index (κ3) is 7.13. The van der Waals surface area contributed by atoms with E-state index in [4.69, 9.17) is 0 Å². The lowest BCUT2D eigenvalue weighted by atomic mass is 10.3. The molecule has 0 amide bonds. The number of nitrogens with zero attached hydrogens (tertiary/aromatic N) is 2. The molecule has 0 aromatic carbocycles. The van der Waals surface area contributed by atoms with Gasteiger partial charge >= 0.3 is 7.25 Å². The Balaban J connectivity index is 0.000000336. The molecule has 0 bridgehead atoms. The second kappa shape index (κ2) is 5.90. The molecule has 0 aromatic rings. The Hall–Kier alpha value is -0.845. The minimum atomic E-state index is -6.00. The maximum Gasteiger partial charge on any atom is 0.673 e. The summed E-state index contributed by atoms with van der Waals surface area (Å²) in [7, 11) is -6.00. The van der Waals surface area contributed by atoms with Crippen molar-refractivity contribution in [3.05, 3.63) is 12.4 Å². The van der Waals surface area contributed by atoms with Crippen molar-refractivity contribution in [2.24, 2.45) is 4.99 Å². The van der Waals surface area contributed by atoms with Crippen molar-refractivity contribution < 1.29 is 21.7 Å². The predicted molar refractivity (Wildman–Crippen MR) is 53.8 cm³/mol. The summed E-state index contributed by atoms with van der Waals surface area (Å²) in [6.07, 6.45) is 7.27. The standard InChI is InChI=1S/C8H15N2.BF4/c1-3-6-10(4-2)7-5-9-8-10;2-1(3,4)5/h5,7-8H,3-4,6H2,1-2H3;/q+1;-1. The topological polar surface area (TPSA) is 12.4 Å². The average Bonchev–Trinajstić information content (AvgIpc) is 2.51. The summed E-state index contributed by atoms with van der Waals surface area (Å²) in [5.74, 6) is 0. The van der Waals surface area contributed by atoms with Crippen LogP contribution < -0.4 is 0 Å². The summed E-state index contributed by atoms with van der Waals surface area (Å²) in [6.45, 7) is 6.69. The molecular formula is C8H15BF4N2. The van der Waals surface area contributed by atoms with Crippen LogP contribution in [0.3, 0.4) is 0 Å². The lowest BCUT2D eigenvalue weighted by Crippen LogP contribution is -2.39. The van der Waals surface area contributed by atoms with E-state index in [9.17, 15) is 17.3 Å². The first-order valence-corrected chi connectivity index (χ1v) is 4.79. The van der Waals surface area contributed by atoms with Crippen LogP contribution in [0.4, 0.5) is 17.3 Å². The predicted octanol–water partition coefficient (Wildman–Crippen LogP) is 3.05. The third-order valence-corrected chi connectivity index (χ3v) is 1.97. The zero-order valence-electron chi connectivity index (χ0n) is 8.84. The molecule has 1 aliphatic rings. The zero-order chi connectivity index (χ0) is 11.9. The molecule has 15 heavy (non-hydrogen) atoms. The SMILES string of the molecule is CCC[N+]1(CC)C=CN=C1.F[B-](F)(F)F. The first-order chi connectivity index (χ1) is 6.83. The Morgan fingerprint density at radius 3 is 2.00 bits per heavy atom. The fraction of sp³-hybridized carbons (Fsp3) is 0.625. The van der Waals surface area contributed by atoms with Gasteiger partial charge in [-0.2, -0.15) is 0 Å². The monoisotopic (exact) mass is 226 g/mol. The van der Waals surface area contributed by atoms with Gasteiger partial charge in [-0.25, -0.2) is 4.99 Å². The van der Waals surface area contributed by atoms with Crippen molar-refractivity contribution in [1.29, 1.82) is 0 Å². The molecule has 7 heteroatoms. The van der Waals surface area contributed by atoms with Crippen LogP contribution in [0, 0.1) is 0 Å². The number of hydrogen-bond donors (Lipinski definition) is 0. The van der Waals surface area contributed by atoms with Crippen LogP contribution in [0.1, 0.15) is 20.3 Å². The van der Waals surface area contributed by atoms with E-state index in [1.54, 1.807) is 0 Å². The molecular weight excluding hydrogens is 211 g/mol. The fourth-order valence-electron chi connectivity index (χ4n) is 1.27. The molecule has 0 aliphatic carbocycles. The van der Waals surface area contributed by atoms with Gasteiger partial charge in [-0.05, 0) is 13.3 Å². The highest BCUT2D eigenvalue weighted by Gasteiger charge is 2.21. The van der Waals surface area contributed by atoms with Crippen molar-refractivity contribution in [1.82, 2.24) is 0 Å². The molecule has 1 aliphatic heterocycles. The van der Waals surface area contributed by atoms with Crippen LogP contribution in [0.2, 0.25) is 0 Å². The summed E-state index contributed by atoms with van der Waals surface area (Å²) in [5, 5.41) is 0. The van der Waals surface area contributed by atoms with Gasteiger partial charge in [0.2, 0.25) is 0 Å². The van der Waals surface area contributed by atoms with Gasteiger partial charge in [0, 0.05) is 0 Å². The summed E-state index contributed by atoms with van der Waals surface area (Å²) >= 11 is 0. The minimum absolute atomic E-state index is 0.941. The summed E-state index contributed by atoms with van der Waals surface area (Å²) in [4.78, 5) is 4.09. The first-order valence-electron chi connectivity index (χ1n) is 4.79. The lowest BCUT2D eigenvalue weighted by molar-refractivity contribution is -0.777. The minimum Gasteiger partial charge on any atom is -0.418 e. The molecule has 2 nitrogen and oxygen atoms in total. The quantitative estimate of drug-likeness (QED) is 0.398. The fourth-order valence-corrected chi connectivity index (χ4v) is 1.27. The van der Waals surface area contributed by atoms with Crippen molar-refractivity contribution in [3.63, 3.8) is 0 Å². The molecule has 1 rings (SSSR count). The molecule has 1 heterocycles. The number of aliphatic imine (C=N–C) groups is 1. The third-order valence-electron chi connectivity index (χ3n) is 1.97. The summed E-state index contributed by atoms with van der Waals surface area (Å²) in [6, 6.07) is 0. The highest BCUT2D eigenvalue weighted by molar-refractivity contribution is 6.50. The van der Waals surface area contributed by atoms with Gasteiger partial charge in [0.15, 0.2) is 6.34 Å². The van der Waals surface area contributed by atoms with Gasteiger partial charge in [0.05, 0.1) is 19.3 Å². The molecule has 1 unspecified atom stereocenters. The molecule has 0 N–H and O–H groups in total. The Morgan fingerprint density at radius 1 is 1.20 bits per heavy atom. The summed E-state index contributed by atoms with van der Waals surface area (Å²) in [5.41, 5.74) is 0. The molecule has 0 saturated heterocycles. The van der Waals surface area contributed by atoms with Crippen molar-refractivity contribution in [2.75, 3.05) is 13.1 Å². The zero-order valence-corrected chi connectivity index (χ0v) is 8.84. The number of rotatable bonds is 3. The Morgan fingerprint density at radius 2 is 1.73 bits per heavy atom. The number of quaternary nitrogens is 1. The first kappa shape index (κ1) is 14.2. The van der Waals surface area contributed by atoms with Gasteiger partial charge in [-0.3, -0.25) is 4.48 Å². The lowest BCUT2D eigenvalue weighted by Gasteiger charge is -2.24. The van der Waals surface area contributed by atoms with Gasteiger partial charge in [0.25, 0.3) is 0 Å². The van der Waals surface area contributed by atoms with Gasteiger partial charge in [0.1, 0.15) is 6.20 Å². The van der Waals surface area contributed by atoms with E-state index in [1.807, 2.05) is 12.5 Å². The highest BCUT2D eigenvalue weighted by Crippen LogP contribution is 2.10. The molecule has 0 aromatic heterocycles. The van der Waals surface area contributed by atoms with E-state index in [1.165, 1.54) is 13.0 Å². The van der Waals surface area contributed by atoms with E-state index in [-0.39, 0.29) is 0 Å². The number of halogens is 4. The van der Waals surface area contributed by atoms with Crippen molar-refractivity contribution >= 4 is 13.6 Å². The normalized spacial score (nSPS) is 23.9. The van der Waals surface area contributed by atoms with Gasteiger partial charge in [-0.15, -0.1) is 0 Å². The van der Waals surface area contributed by atoms with E-state index < -0.39 is 7.25 Å². The van der Waals surface area contributed by atoms with Crippen LogP contribution >= 0.6 is 0 Å². The van der Waals surface area contributed by atoms with Crippen LogP contribution in [-0.2, 0) is 0 Å². The van der Waals surface area contributed by atoms with E-state index in [0.29, 0.717) is 0 Å². The highest BCUT2D eigenvalue weighted by atomic mass is 19.5. The van der Waals surface area contributed by atoms with Crippen LogP contribution in [0.25, 0.3) is 0 Å². The van der Waals surface area contributed by atoms with Crippen LogP contribution in [0.15, 0.2) is 17.4 Å². The van der Waals surface area contributed by atoms with Gasteiger partial charge < -0.3 is 17.3 Å². The Bertz CT molecular complexity index is 219. The molecule has 0 spiro atoms.